The number of fused-ring (bicyclic) bond motifs is 3. The first-order valence-corrected chi connectivity index (χ1v) is 15.0. The molecule has 2 bridgehead atoms. The summed E-state index contributed by atoms with van der Waals surface area (Å²) in [6, 6.07) is 7.01. The fraction of sp³-hybridized carbons (Fsp3) is 0.478. The third-order valence-electron chi connectivity index (χ3n) is 7.17. The Hall–Kier alpha value is -2.73. The zero-order valence-corrected chi connectivity index (χ0v) is 24.3. The van der Waals surface area contributed by atoms with Gasteiger partial charge in [0, 0.05) is 11.1 Å². The smallest absolute Gasteiger partial charge is 0.485 e. The summed E-state index contributed by atoms with van der Waals surface area (Å²) < 4.78 is 215. The molecule has 2 aromatic rings. The largest absolute Gasteiger partial charge is 0.741 e. The number of benzene rings is 2. The lowest BCUT2D eigenvalue weighted by Gasteiger charge is -2.57. The van der Waals surface area contributed by atoms with Crippen molar-refractivity contribution in [2.75, 3.05) is 33.2 Å². The highest BCUT2D eigenvalue weighted by Crippen LogP contribution is 2.56. The fourth-order valence-corrected chi connectivity index (χ4v) is 5.11. The normalized spacial score (nSPS) is 25.6. The molecule has 2 aromatic carbocycles. The van der Waals surface area contributed by atoms with Crippen molar-refractivity contribution in [2.24, 2.45) is 0 Å². The second-order valence-corrected chi connectivity index (χ2v) is 12.9. The van der Waals surface area contributed by atoms with Crippen LogP contribution in [0, 0.1) is 0 Å². The van der Waals surface area contributed by atoms with E-state index < -0.39 is 71.5 Å². The molecule has 23 heteroatoms. The third-order valence-corrected chi connectivity index (χ3v) is 8.30. The Labute approximate surface area is 252 Å². The van der Waals surface area contributed by atoms with Crippen LogP contribution in [-0.2, 0) is 32.6 Å². The van der Waals surface area contributed by atoms with Gasteiger partial charge in [0.05, 0.1) is 18.2 Å². The molecule has 2 atom stereocenters. The van der Waals surface area contributed by atoms with Gasteiger partial charge in [0.15, 0.2) is 39.4 Å². The van der Waals surface area contributed by atoms with Gasteiger partial charge in [-0.1, -0.05) is 36.4 Å². The number of hydrogen-bond acceptors (Lipinski definition) is 6. The minimum absolute atomic E-state index is 0.0436. The molecule has 262 valence electrons. The summed E-state index contributed by atoms with van der Waals surface area (Å²) in [7, 11) is -10.5. The number of alkyl halides is 12. The van der Waals surface area contributed by atoms with E-state index in [1.165, 1.54) is 36.4 Å². The summed E-state index contributed by atoms with van der Waals surface area (Å²) in [4.78, 5) is 0. The monoisotopic (exact) mass is 732 g/mol. The van der Waals surface area contributed by atoms with Crippen molar-refractivity contribution < 1.29 is 92.3 Å². The minimum atomic E-state index is -6.09. The van der Waals surface area contributed by atoms with Crippen LogP contribution in [0.1, 0.15) is 34.3 Å². The van der Waals surface area contributed by atoms with Crippen LogP contribution < -0.4 is 0 Å². The number of hydrogen-bond donors (Lipinski definition) is 0. The summed E-state index contributed by atoms with van der Waals surface area (Å²) in [6.07, 6.45) is -9.44. The second kappa shape index (κ2) is 12.7. The predicted octanol–water partition coefficient (Wildman–Crippen LogP) is 5.78. The second-order valence-electron chi connectivity index (χ2n) is 10.2. The molecule has 5 rings (SSSR count). The molecular weight excluding hydrogens is 711 g/mol. The third kappa shape index (κ3) is 8.79. The summed E-state index contributed by atoms with van der Waals surface area (Å²) in [5, 5.41) is 0. The molecule has 3 heterocycles. The Balaban J connectivity index is 0.000000381. The van der Waals surface area contributed by atoms with E-state index in [1.807, 2.05) is 0 Å². The number of rotatable bonds is 2. The average Bonchev–Trinajstić information content (AvgIpc) is 2.86. The SMILES string of the molecule is C[N+]12CC[N+](F)(CC1)[C@@H](c1ccccc1C(F)(F)F)[C@@H]2c1ccccc1C(F)(F)F.O=S(=O)([O-])C(F)(F)F.O=S(=O)([O-])C(F)(F)F. The number of likely N-dealkylation sites (N-methyl/N-ethyl adjacent to an activating group) is 1. The van der Waals surface area contributed by atoms with E-state index in [0.717, 1.165) is 12.1 Å². The number of halogens is 13. The molecule has 3 aliphatic rings. The Morgan fingerprint density at radius 1 is 0.587 bits per heavy atom. The van der Waals surface area contributed by atoms with Crippen molar-refractivity contribution in [1.29, 1.82) is 0 Å². The number of quaternary nitrogens is 2. The van der Waals surface area contributed by atoms with Gasteiger partial charge in [-0.3, -0.25) is 0 Å². The van der Waals surface area contributed by atoms with Crippen LogP contribution in [0.25, 0.3) is 0 Å². The van der Waals surface area contributed by atoms with Gasteiger partial charge in [-0.05, 0) is 16.6 Å². The van der Waals surface area contributed by atoms with Crippen LogP contribution in [0.15, 0.2) is 48.5 Å². The first-order chi connectivity index (χ1) is 20.4. The first kappa shape index (κ1) is 39.4. The van der Waals surface area contributed by atoms with Crippen molar-refractivity contribution in [2.45, 2.75) is 35.5 Å². The molecule has 3 saturated heterocycles. The molecule has 0 unspecified atom stereocenters. The first-order valence-electron chi connectivity index (χ1n) is 12.1. The lowest BCUT2D eigenvalue weighted by Crippen LogP contribution is -2.72. The molecule has 0 aliphatic carbocycles. The average molecular weight is 733 g/mol. The molecule has 0 aromatic heterocycles. The molecule has 0 amide bonds. The van der Waals surface area contributed by atoms with Gasteiger partial charge in [0.1, 0.15) is 13.1 Å². The van der Waals surface area contributed by atoms with Crippen molar-refractivity contribution in [1.82, 2.24) is 0 Å². The molecule has 3 aliphatic heterocycles. The van der Waals surface area contributed by atoms with Crippen molar-refractivity contribution in [3.05, 3.63) is 70.8 Å². The molecule has 0 N–H and O–H groups in total. The Morgan fingerprint density at radius 3 is 1.15 bits per heavy atom. The van der Waals surface area contributed by atoms with E-state index in [4.69, 9.17) is 25.9 Å². The lowest BCUT2D eigenvalue weighted by atomic mass is 9.80. The van der Waals surface area contributed by atoms with Crippen molar-refractivity contribution >= 4 is 20.2 Å². The standard InChI is InChI=1S/C21H21F7N2.2CHF3O3S/c1-29-10-12-30(28,13-11-29)19(15-7-3-5-9-17(15)21(25,26)27)18(29)14-6-2-4-8-16(14)20(22,23)24;2*2-1(3,4)8(5,6)7/h2-9,18-19H,10-13H2,1H3;2*(H,5,6,7)/q+2;;/p-2/t18-,19-,29?,30?;;/m0../s1. The fourth-order valence-electron chi connectivity index (χ4n) is 5.11. The van der Waals surface area contributed by atoms with Gasteiger partial charge in [-0.25, -0.2) is 16.8 Å². The maximum Gasteiger partial charge on any atom is 0.485 e. The van der Waals surface area contributed by atoms with E-state index in [2.05, 4.69) is 0 Å². The summed E-state index contributed by atoms with van der Waals surface area (Å²) in [5.74, 6) is 0. The quantitative estimate of drug-likeness (QED) is 0.127. The Kier molecular flexibility index (Phi) is 10.9. The molecular formula is C23H21F13N2O6S2. The van der Waals surface area contributed by atoms with Gasteiger partial charge in [-0.15, -0.1) is 4.71 Å². The maximum atomic E-state index is 16.1. The molecule has 8 nitrogen and oxygen atoms in total. The Bertz CT molecular complexity index is 1480. The van der Waals surface area contributed by atoms with Crippen LogP contribution in [0.4, 0.5) is 57.2 Å². The lowest BCUT2D eigenvalue weighted by molar-refractivity contribution is -1.18. The van der Waals surface area contributed by atoms with Crippen LogP contribution >= 0.6 is 0 Å². The van der Waals surface area contributed by atoms with Crippen LogP contribution in [0.5, 0.6) is 0 Å². The predicted molar refractivity (Wildman–Crippen MR) is 127 cm³/mol. The van der Waals surface area contributed by atoms with Gasteiger partial charge < -0.3 is 13.6 Å². The highest BCUT2D eigenvalue weighted by Gasteiger charge is 2.65. The highest BCUT2D eigenvalue weighted by molar-refractivity contribution is 7.86. The number of piperazine rings is 3. The zero-order valence-electron chi connectivity index (χ0n) is 22.7. The van der Waals surface area contributed by atoms with E-state index in [1.54, 1.807) is 7.05 Å². The molecule has 3 fully saturated rings. The van der Waals surface area contributed by atoms with E-state index in [-0.39, 0.29) is 41.8 Å². The Morgan fingerprint density at radius 2 is 0.870 bits per heavy atom. The molecule has 0 spiro atoms. The van der Waals surface area contributed by atoms with Gasteiger partial charge >= 0.3 is 23.4 Å². The molecule has 0 saturated carbocycles. The van der Waals surface area contributed by atoms with E-state index in [9.17, 15) is 52.7 Å². The van der Waals surface area contributed by atoms with Crippen LogP contribution in [-0.4, -0.2) is 79.4 Å². The van der Waals surface area contributed by atoms with Gasteiger partial charge in [-0.2, -0.15) is 52.7 Å². The van der Waals surface area contributed by atoms with Crippen LogP contribution in [0.2, 0.25) is 0 Å². The maximum absolute atomic E-state index is 16.1. The summed E-state index contributed by atoms with van der Waals surface area (Å²) in [5.41, 5.74) is -13.7. The number of nitrogens with zero attached hydrogens (tertiary/aromatic N) is 2. The summed E-state index contributed by atoms with van der Waals surface area (Å²) in [6.45, 7) is 0.409. The van der Waals surface area contributed by atoms with Crippen LogP contribution in [0.3, 0.4) is 0 Å². The van der Waals surface area contributed by atoms with E-state index >= 15 is 4.48 Å². The summed E-state index contributed by atoms with van der Waals surface area (Å²) >= 11 is 0. The zero-order chi connectivity index (χ0) is 35.9. The van der Waals surface area contributed by atoms with E-state index in [0.29, 0.717) is 0 Å². The molecule has 0 radical (unpaired) electrons. The van der Waals surface area contributed by atoms with Crippen molar-refractivity contribution in [3.63, 3.8) is 0 Å². The van der Waals surface area contributed by atoms with Gasteiger partial charge in [0.25, 0.3) is 0 Å². The van der Waals surface area contributed by atoms with Crippen molar-refractivity contribution in [3.8, 4) is 0 Å². The highest BCUT2D eigenvalue weighted by atomic mass is 32.2. The van der Waals surface area contributed by atoms with Gasteiger partial charge in [0.2, 0.25) is 6.04 Å². The molecule has 46 heavy (non-hydrogen) atoms. The minimum Gasteiger partial charge on any atom is -0.741 e. The topological polar surface area (TPSA) is 114 Å².